The van der Waals surface area contributed by atoms with Crippen LogP contribution < -0.4 is 5.73 Å². The van der Waals surface area contributed by atoms with Crippen molar-refractivity contribution in [2.24, 2.45) is 23.5 Å². The third-order valence-corrected chi connectivity index (χ3v) is 6.10. The van der Waals surface area contributed by atoms with Crippen LogP contribution in [0.25, 0.3) is 0 Å². The van der Waals surface area contributed by atoms with Gasteiger partial charge in [-0.05, 0) is 50.0 Å². The van der Waals surface area contributed by atoms with Crippen molar-refractivity contribution in [3.05, 3.63) is 0 Å². The number of hydrogen-bond donors (Lipinski definition) is 1. The summed E-state index contributed by atoms with van der Waals surface area (Å²) in [4.78, 5) is 2.70. The first-order chi connectivity index (χ1) is 9.33. The minimum atomic E-state index is 0.445. The van der Waals surface area contributed by atoms with Crippen molar-refractivity contribution >= 4 is 0 Å². The summed E-state index contributed by atoms with van der Waals surface area (Å²) in [5.41, 5.74) is 6.51. The normalized spacial score (nSPS) is 35.8. The van der Waals surface area contributed by atoms with Gasteiger partial charge >= 0.3 is 0 Å². The molecule has 2 aliphatic carbocycles. The van der Waals surface area contributed by atoms with Gasteiger partial charge in [0, 0.05) is 19.1 Å². The molecule has 1 aliphatic heterocycles. The van der Waals surface area contributed by atoms with Crippen molar-refractivity contribution < 1.29 is 0 Å². The maximum atomic E-state index is 6.51. The molecule has 3 unspecified atom stereocenters. The Morgan fingerprint density at radius 3 is 2.32 bits per heavy atom. The molecule has 0 aromatic heterocycles. The van der Waals surface area contributed by atoms with Gasteiger partial charge in [0.25, 0.3) is 0 Å². The molecule has 0 spiro atoms. The zero-order chi connectivity index (χ0) is 13.1. The fourth-order valence-electron chi connectivity index (χ4n) is 4.85. The predicted molar refractivity (Wildman–Crippen MR) is 81.1 cm³/mol. The first kappa shape index (κ1) is 13.9. The lowest BCUT2D eigenvalue weighted by Crippen LogP contribution is -2.48. The Morgan fingerprint density at radius 1 is 0.842 bits per heavy atom. The predicted octanol–water partition coefficient (Wildman–Crippen LogP) is 3.41. The van der Waals surface area contributed by atoms with E-state index in [1.165, 1.54) is 83.8 Å². The summed E-state index contributed by atoms with van der Waals surface area (Å²) in [6.45, 7) is 3.85. The summed E-state index contributed by atoms with van der Waals surface area (Å²) in [5, 5.41) is 0. The highest BCUT2D eigenvalue weighted by molar-refractivity contribution is 4.86. The van der Waals surface area contributed by atoms with E-state index in [-0.39, 0.29) is 0 Å². The van der Waals surface area contributed by atoms with Crippen LogP contribution in [0.5, 0.6) is 0 Å². The molecule has 0 aromatic carbocycles. The van der Waals surface area contributed by atoms with Gasteiger partial charge in [-0.3, -0.25) is 0 Å². The quantitative estimate of drug-likeness (QED) is 0.846. The number of piperidine rings is 1. The average molecular weight is 264 g/mol. The number of fused-ring (bicyclic) bond motifs is 1. The van der Waals surface area contributed by atoms with Crippen LogP contribution >= 0.6 is 0 Å². The van der Waals surface area contributed by atoms with E-state index >= 15 is 0 Å². The maximum absolute atomic E-state index is 6.51. The molecule has 3 atom stereocenters. The van der Waals surface area contributed by atoms with Crippen molar-refractivity contribution in [2.45, 2.75) is 70.3 Å². The lowest BCUT2D eigenvalue weighted by atomic mass is 9.75. The van der Waals surface area contributed by atoms with Crippen molar-refractivity contribution in [1.29, 1.82) is 0 Å². The van der Waals surface area contributed by atoms with Gasteiger partial charge in [-0.15, -0.1) is 0 Å². The lowest BCUT2D eigenvalue weighted by Gasteiger charge is -2.43. The summed E-state index contributed by atoms with van der Waals surface area (Å²) < 4.78 is 0. The highest BCUT2D eigenvalue weighted by atomic mass is 15.1. The molecule has 1 heterocycles. The number of hydrogen-bond acceptors (Lipinski definition) is 2. The molecule has 19 heavy (non-hydrogen) atoms. The van der Waals surface area contributed by atoms with E-state index in [2.05, 4.69) is 4.90 Å². The summed E-state index contributed by atoms with van der Waals surface area (Å²) in [5.74, 6) is 2.87. The van der Waals surface area contributed by atoms with E-state index in [9.17, 15) is 0 Å². The Morgan fingerprint density at radius 2 is 1.53 bits per heavy atom. The monoisotopic (exact) mass is 264 g/mol. The van der Waals surface area contributed by atoms with Gasteiger partial charge in [-0.1, -0.05) is 38.5 Å². The molecule has 2 nitrogen and oxygen atoms in total. The van der Waals surface area contributed by atoms with Crippen molar-refractivity contribution in [3.8, 4) is 0 Å². The van der Waals surface area contributed by atoms with Crippen molar-refractivity contribution in [2.75, 3.05) is 19.6 Å². The van der Waals surface area contributed by atoms with Crippen LogP contribution in [0.15, 0.2) is 0 Å². The van der Waals surface area contributed by atoms with Gasteiger partial charge in [0.05, 0.1) is 0 Å². The summed E-state index contributed by atoms with van der Waals surface area (Å²) in [6.07, 6.45) is 14.5. The molecule has 1 saturated heterocycles. The van der Waals surface area contributed by atoms with Gasteiger partial charge in [-0.25, -0.2) is 0 Å². The summed E-state index contributed by atoms with van der Waals surface area (Å²) in [6, 6.07) is 0.445. The zero-order valence-corrected chi connectivity index (χ0v) is 12.5. The standard InChI is InChI=1S/C17H32N2/c18-17(15-7-2-1-3-8-15)13-19-11-10-14-6-4-5-9-16(14)12-19/h14-17H,1-13,18H2. The molecule has 2 N–H and O–H groups in total. The van der Waals surface area contributed by atoms with Gasteiger partial charge in [0.15, 0.2) is 0 Å². The number of nitrogens with zero attached hydrogens (tertiary/aromatic N) is 1. The molecule has 0 radical (unpaired) electrons. The number of nitrogens with two attached hydrogens (primary N) is 1. The summed E-state index contributed by atoms with van der Waals surface area (Å²) >= 11 is 0. The van der Waals surface area contributed by atoms with Crippen LogP contribution in [-0.2, 0) is 0 Å². The maximum Gasteiger partial charge on any atom is 0.0196 e. The fourth-order valence-corrected chi connectivity index (χ4v) is 4.85. The van der Waals surface area contributed by atoms with Gasteiger partial charge in [0.2, 0.25) is 0 Å². The van der Waals surface area contributed by atoms with E-state index in [1.807, 2.05) is 0 Å². The van der Waals surface area contributed by atoms with E-state index in [1.54, 1.807) is 0 Å². The second-order valence-corrected chi connectivity index (χ2v) is 7.41. The Hall–Kier alpha value is -0.0800. The van der Waals surface area contributed by atoms with Crippen LogP contribution in [0.4, 0.5) is 0 Å². The molecule has 3 fully saturated rings. The minimum absolute atomic E-state index is 0.445. The first-order valence-electron chi connectivity index (χ1n) is 8.81. The van der Waals surface area contributed by atoms with Crippen LogP contribution in [0, 0.1) is 17.8 Å². The second kappa shape index (κ2) is 6.58. The van der Waals surface area contributed by atoms with Crippen LogP contribution in [-0.4, -0.2) is 30.6 Å². The topological polar surface area (TPSA) is 29.3 Å². The number of rotatable bonds is 3. The fraction of sp³-hybridized carbons (Fsp3) is 1.00. The molecule has 0 amide bonds. The van der Waals surface area contributed by atoms with E-state index in [0.29, 0.717) is 6.04 Å². The minimum Gasteiger partial charge on any atom is -0.326 e. The Bertz CT molecular complexity index is 272. The van der Waals surface area contributed by atoms with Gasteiger partial charge in [-0.2, -0.15) is 0 Å². The van der Waals surface area contributed by atoms with Crippen molar-refractivity contribution in [1.82, 2.24) is 4.90 Å². The molecule has 0 bridgehead atoms. The average Bonchev–Trinajstić information content (AvgIpc) is 2.48. The molecule has 2 heteroatoms. The smallest absolute Gasteiger partial charge is 0.0196 e. The van der Waals surface area contributed by atoms with E-state index in [0.717, 1.165) is 17.8 Å². The molecule has 0 aromatic rings. The Labute approximate surface area is 119 Å². The summed E-state index contributed by atoms with van der Waals surface area (Å²) in [7, 11) is 0. The molecule has 3 aliphatic rings. The highest BCUT2D eigenvalue weighted by Crippen LogP contribution is 2.36. The van der Waals surface area contributed by atoms with Crippen LogP contribution in [0.3, 0.4) is 0 Å². The number of likely N-dealkylation sites (tertiary alicyclic amines) is 1. The van der Waals surface area contributed by atoms with Crippen molar-refractivity contribution in [3.63, 3.8) is 0 Å². The highest BCUT2D eigenvalue weighted by Gasteiger charge is 2.32. The Balaban J connectivity index is 1.47. The lowest BCUT2D eigenvalue weighted by molar-refractivity contribution is 0.0755. The van der Waals surface area contributed by atoms with Gasteiger partial charge < -0.3 is 10.6 Å². The molecule has 2 saturated carbocycles. The SMILES string of the molecule is NC(CN1CCC2CCCCC2C1)C1CCCCC1. The molecular formula is C17H32N2. The molecule has 3 rings (SSSR count). The van der Waals surface area contributed by atoms with E-state index < -0.39 is 0 Å². The molecular weight excluding hydrogens is 232 g/mol. The van der Waals surface area contributed by atoms with E-state index in [4.69, 9.17) is 5.73 Å². The Kier molecular flexibility index (Phi) is 4.81. The molecule has 110 valence electrons. The van der Waals surface area contributed by atoms with Crippen LogP contribution in [0.2, 0.25) is 0 Å². The zero-order valence-electron chi connectivity index (χ0n) is 12.5. The second-order valence-electron chi connectivity index (χ2n) is 7.41. The third-order valence-electron chi connectivity index (χ3n) is 6.10. The van der Waals surface area contributed by atoms with Crippen LogP contribution in [0.1, 0.15) is 64.2 Å². The first-order valence-corrected chi connectivity index (χ1v) is 8.81. The third kappa shape index (κ3) is 3.52. The van der Waals surface area contributed by atoms with Gasteiger partial charge in [0.1, 0.15) is 0 Å². The largest absolute Gasteiger partial charge is 0.326 e.